The average Bonchev–Trinajstić information content (AvgIpc) is 3.48. The molecule has 0 aromatic heterocycles. The Labute approximate surface area is 381 Å². The number of amides is 2. The first-order chi connectivity index (χ1) is 29.0. The van der Waals surface area contributed by atoms with Gasteiger partial charge in [-0.05, 0) is 117 Å². The van der Waals surface area contributed by atoms with E-state index in [1.807, 2.05) is 42.7 Å². The number of carbonyl (C=O) groups excluding carboxylic acids is 3. The minimum atomic E-state index is -0.362. The highest BCUT2D eigenvalue weighted by atomic mass is 32.2. The topological polar surface area (TPSA) is 123 Å². The van der Waals surface area contributed by atoms with Gasteiger partial charge in [-0.25, -0.2) is 4.99 Å². The number of nitrogens with zero attached hydrogens (tertiary/aromatic N) is 3. The summed E-state index contributed by atoms with van der Waals surface area (Å²) in [6, 6.07) is 8.55. The summed E-state index contributed by atoms with van der Waals surface area (Å²) in [7, 11) is 0. The van der Waals surface area contributed by atoms with Crippen molar-refractivity contribution in [1.82, 2.24) is 4.90 Å². The quantitative estimate of drug-likeness (QED) is 0.202. The van der Waals surface area contributed by atoms with Crippen molar-refractivity contribution in [1.29, 1.82) is 0 Å². The molecule has 2 aromatic rings. The Bertz CT molecular complexity index is 2380. The fraction of sp³-hybridized carbons (Fsp3) is 0.547. The van der Waals surface area contributed by atoms with Gasteiger partial charge in [0, 0.05) is 76.1 Å². The molecule has 1 fully saturated rings. The molecule has 63 heavy (non-hydrogen) atoms. The SMILES string of the molecule is CSCCC(=O)Nc1cc2c(cc1C1=C(O)C(=C3C=C4C(=CC3=NC(=O)CCc3cc(C(C)(C)C)c(O)c(C(C)(C)C)c3)N(C(C)C)C(C)C4(C)C)C1=O)C(C)(C)C(C)N2C(C)C. The predicted octanol–water partition coefficient (Wildman–Crippen LogP) is 11.3. The van der Waals surface area contributed by atoms with Gasteiger partial charge in [-0.3, -0.25) is 14.4 Å². The number of phenolic OH excluding ortho intramolecular Hbond substituents is 1. The highest BCUT2D eigenvalue weighted by molar-refractivity contribution is 7.98. The molecule has 2 amide bonds. The second-order valence-electron chi connectivity index (χ2n) is 21.9. The monoisotopic (exact) mass is 877 g/mol. The lowest BCUT2D eigenvalue weighted by Gasteiger charge is -2.34. The van der Waals surface area contributed by atoms with Crippen LogP contribution in [0.3, 0.4) is 0 Å². The largest absolute Gasteiger partial charge is 0.507 e. The average molecular weight is 877 g/mol. The van der Waals surface area contributed by atoms with Gasteiger partial charge in [-0.15, -0.1) is 0 Å². The van der Waals surface area contributed by atoms with Crippen LogP contribution in [0.1, 0.15) is 151 Å². The molecule has 2 aliphatic carbocycles. The summed E-state index contributed by atoms with van der Waals surface area (Å²) in [6.07, 6.45) is 6.67. The van der Waals surface area contributed by atoms with E-state index in [9.17, 15) is 24.6 Å². The molecule has 340 valence electrons. The Hall–Kier alpha value is -4.57. The first-order valence-corrected chi connectivity index (χ1v) is 24.1. The molecule has 6 rings (SSSR count). The van der Waals surface area contributed by atoms with Crippen LogP contribution in [0, 0.1) is 5.41 Å². The second-order valence-corrected chi connectivity index (χ2v) is 22.8. The number of likely N-dealkylation sites (tertiary alicyclic amines) is 1. The predicted molar refractivity (Wildman–Crippen MR) is 262 cm³/mol. The van der Waals surface area contributed by atoms with Gasteiger partial charge in [0.05, 0.1) is 22.5 Å². The van der Waals surface area contributed by atoms with E-state index in [1.54, 1.807) is 11.8 Å². The third-order valence-corrected chi connectivity index (χ3v) is 14.8. The van der Waals surface area contributed by atoms with Crippen molar-refractivity contribution < 1.29 is 24.6 Å². The molecule has 4 aliphatic rings. The molecule has 0 saturated carbocycles. The fourth-order valence-corrected chi connectivity index (χ4v) is 10.4. The fourth-order valence-electron chi connectivity index (χ4n) is 9.97. The van der Waals surface area contributed by atoms with Crippen LogP contribution in [-0.2, 0) is 37.0 Å². The smallest absolute Gasteiger partial charge is 0.246 e. The molecule has 2 atom stereocenters. The molecule has 0 radical (unpaired) electrons. The first kappa shape index (κ1) is 47.9. The van der Waals surface area contributed by atoms with Crippen LogP contribution in [0.4, 0.5) is 11.4 Å². The Morgan fingerprint density at radius 1 is 0.825 bits per heavy atom. The van der Waals surface area contributed by atoms with Gasteiger partial charge in [-0.2, -0.15) is 11.8 Å². The summed E-state index contributed by atoms with van der Waals surface area (Å²) in [5.74, 6) is -0.111. The number of aliphatic imine (C=N–C) groups is 1. The number of fused-ring (bicyclic) bond motifs is 2. The van der Waals surface area contributed by atoms with Crippen LogP contribution >= 0.6 is 11.8 Å². The van der Waals surface area contributed by atoms with Gasteiger partial charge in [0.15, 0.2) is 0 Å². The number of aryl methyl sites for hydroxylation is 1. The van der Waals surface area contributed by atoms with E-state index in [0.29, 0.717) is 46.9 Å². The number of allylic oxidation sites excluding steroid dienone is 6. The van der Waals surface area contributed by atoms with Crippen LogP contribution in [0.2, 0.25) is 0 Å². The Morgan fingerprint density at radius 3 is 1.92 bits per heavy atom. The first-order valence-electron chi connectivity index (χ1n) is 22.7. The van der Waals surface area contributed by atoms with Crippen molar-refractivity contribution in [3.8, 4) is 5.75 Å². The van der Waals surface area contributed by atoms with Gasteiger partial charge in [0.2, 0.25) is 17.6 Å². The van der Waals surface area contributed by atoms with E-state index < -0.39 is 0 Å². The number of thioether (sulfide) groups is 1. The maximum Gasteiger partial charge on any atom is 0.246 e. The number of phenols is 1. The summed E-state index contributed by atoms with van der Waals surface area (Å²) >= 11 is 1.59. The molecule has 2 unspecified atom stereocenters. The number of Topliss-reactive ketones (excluding diaryl/α,β-unsaturated/α-hetero) is 1. The summed E-state index contributed by atoms with van der Waals surface area (Å²) in [4.78, 5) is 51.7. The van der Waals surface area contributed by atoms with Crippen molar-refractivity contribution in [2.24, 2.45) is 10.4 Å². The lowest BCUT2D eigenvalue weighted by atomic mass is 9.73. The molecule has 2 aromatic carbocycles. The van der Waals surface area contributed by atoms with Crippen molar-refractivity contribution in [2.75, 3.05) is 22.2 Å². The molecule has 3 N–H and O–H groups in total. The van der Waals surface area contributed by atoms with E-state index in [-0.39, 0.29) is 86.8 Å². The zero-order chi connectivity index (χ0) is 47.0. The van der Waals surface area contributed by atoms with Crippen molar-refractivity contribution in [2.45, 2.75) is 170 Å². The third-order valence-electron chi connectivity index (χ3n) is 14.2. The van der Waals surface area contributed by atoms with Gasteiger partial charge < -0.3 is 25.3 Å². The van der Waals surface area contributed by atoms with Crippen LogP contribution in [0.25, 0.3) is 5.57 Å². The number of aromatic hydroxyl groups is 1. The number of anilines is 2. The summed E-state index contributed by atoms with van der Waals surface area (Å²) in [5.41, 5.74) is 7.37. The summed E-state index contributed by atoms with van der Waals surface area (Å²) in [6.45, 7) is 34.2. The van der Waals surface area contributed by atoms with Crippen LogP contribution in [0.15, 0.2) is 69.6 Å². The van der Waals surface area contributed by atoms with Gasteiger partial charge in [-0.1, -0.05) is 81.4 Å². The molecule has 0 bridgehead atoms. The Morgan fingerprint density at radius 2 is 1.40 bits per heavy atom. The number of carbonyl (C=O) groups is 3. The molecule has 0 spiro atoms. The normalized spacial score (nSPS) is 22.5. The van der Waals surface area contributed by atoms with Crippen molar-refractivity contribution >= 4 is 52.0 Å². The lowest BCUT2D eigenvalue weighted by Crippen LogP contribution is -2.42. The number of benzene rings is 2. The molecular formula is C53H72N4O5S. The van der Waals surface area contributed by atoms with Crippen LogP contribution in [0.5, 0.6) is 5.75 Å². The number of ketones is 1. The number of aliphatic hydroxyl groups excluding tert-OH is 1. The van der Waals surface area contributed by atoms with E-state index in [4.69, 9.17) is 4.99 Å². The van der Waals surface area contributed by atoms with E-state index in [1.165, 1.54) is 0 Å². The van der Waals surface area contributed by atoms with E-state index in [2.05, 4.69) is 126 Å². The number of hydrogen-bond acceptors (Lipinski definition) is 8. The molecular weight excluding hydrogens is 805 g/mol. The Balaban J connectivity index is 1.50. The van der Waals surface area contributed by atoms with E-state index in [0.717, 1.165) is 39.2 Å². The zero-order valence-electron chi connectivity index (χ0n) is 41.0. The Kier molecular flexibility index (Phi) is 12.7. The van der Waals surface area contributed by atoms with Gasteiger partial charge >= 0.3 is 0 Å². The maximum absolute atomic E-state index is 14.8. The van der Waals surface area contributed by atoms with Crippen molar-refractivity contribution in [3.63, 3.8) is 0 Å². The van der Waals surface area contributed by atoms with Crippen molar-refractivity contribution in [3.05, 3.63) is 92.4 Å². The molecule has 1 saturated heterocycles. The minimum absolute atomic E-state index is 0.108. The molecule has 2 heterocycles. The van der Waals surface area contributed by atoms with Crippen LogP contribution in [-0.4, -0.2) is 74.6 Å². The summed E-state index contributed by atoms with van der Waals surface area (Å²) in [5, 5.41) is 26.7. The number of hydrogen-bond donors (Lipinski definition) is 3. The van der Waals surface area contributed by atoms with Gasteiger partial charge in [0.25, 0.3) is 0 Å². The van der Waals surface area contributed by atoms with Crippen LogP contribution < -0.4 is 10.2 Å². The minimum Gasteiger partial charge on any atom is -0.507 e. The summed E-state index contributed by atoms with van der Waals surface area (Å²) < 4.78 is 0. The molecule has 10 heteroatoms. The number of aliphatic hydroxyl groups is 1. The molecule has 9 nitrogen and oxygen atoms in total. The lowest BCUT2D eigenvalue weighted by molar-refractivity contribution is -0.118. The number of nitrogens with one attached hydrogen (secondary N) is 1. The molecule has 2 aliphatic heterocycles. The maximum atomic E-state index is 14.8. The highest BCUT2D eigenvalue weighted by Crippen LogP contribution is 2.54. The van der Waals surface area contributed by atoms with E-state index >= 15 is 0 Å². The second kappa shape index (κ2) is 16.8. The third kappa shape index (κ3) is 8.46. The zero-order valence-corrected chi connectivity index (χ0v) is 41.8. The van der Waals surface area contributed by atoms with Gasteiger partial charge in [0.1, 0.15) is 11.5 Å². The standard InChI is InChI=1S/C53H72N4O5S/c1-28(2)56-30(5)52(13,14)35-24-33(39(26-41(35)56)54-43(58)19-18-32-22-37(50(7,8)9)47(60)38(23-32)51(10,11)12)45-48(61)46(49(45)62)34-25-36-42(27-40(34)55-44(59)20-21-63-17)57(29(3)4)31(6)53(36,15)16/h22-31,60-61H,18-21H2,1-17H3,(H,55,59). The highest BCUT2D eigenvalue weighted by Gasteiger charge is 2.49. The number of rotatable bonds is 10.